The standard InChI is InChI=1S/C17H17Cl2NO4S/c1-24-17(21)15-11-14(8-9-16(15)19)25(22,23)20-10-2-3-12-4-6-13(18)7-5-12/h4-9,11,20H,2-3,10H2,1H3. The van der Waals surface area contributed by atoms with E-state index >= 15 is 0 Å². The highest BCUT2D eigenvalue weighted by Gasteiger charge is 2.18. The molecule has 0 aliphatic rings. The predicted molar refractivity (Wildman–Crippen MR) is 97.8 cm³/mol. The summed E-state index contributed by atoms with van der Waals surface area (Å²) in [5.74, 6) is -0.690. The number of ether oxygens (including phenoxy) is 1. The molecule has 2 aromatic carbocycles. The predicted octanol–water partition coefficient (Wildman–Crippen LogP) is 3.69. The molecule has 1 N–H and O–H groups in total. The number of hydrogen-bond donors (Lipinski definition) is 1. The highest BCUT2D eigenvalue weighted by molar-refractivity contribution is 7.89. The van der Waals surface area contributed by atoms with Crippen LogP contribution in [0.2, 0.25) is 10.0 Å². The summed E-state index contributed by atoms with van der Waals surface area (Å²) in [5.41, 5.74) is 1.08. The number of hydrogen-bond acceptors (Lipinski definition) is 4. The molecule has 0 saturated heterocycles. The third kappa shape index (κ3) is 5.44. The fourth-order valence-electron chi connectivity index (χ4n) is 2.17. The lowest BCUT2D eigenvalue weighted by Gasteiger charge is -2.09. The van der Waals surface area contributed by atoms with Crippen molar-refractivity contribution in [2.75, 3.05) is 13.7 Å². The van der Waals surface area contributed by atoms with Crippen molar-refractivity contribution in [2.45, 2.75) is 17.7 Å². The van der Waals surface area contributed by atoms with Crippen molar-refractivity contribution in [3.63, 3.8) is 0 Å². The van der Waals surface area contributed by atoms with Crippen LogP contribution in [0.5, 0.6) is 0 Å². The van der Waals surface area contributed by atoms with E-state index in [0.29, 0.717) is 17.9 Å². The SMILES string of the molecule is COC(=O)c1cc(S(=O)(=O)NCCCc2ccc(Cl)cc2)ccc1Cl. The zero-order chi connectivity index (χ0) is 18.4. The van der Waals surface area contributed by atoms with Crippen LogP contribution in [-0.2, 0) is 21.2 Å². The van der Waals surface area contributed by atoms with Crippen LogP contribution in [0, 0.1) is 0 Å². The van der Waals surface area contributed by atoms with E-state index in [1.54, 1.807) is 12.1 Å². The van der Waals surface area contributed by atoms with E-state index in [9.17, 15) is 13.2 Å². The number of carbonyl (C=O) groups is 1. The molecule has 5 nitrogen and oxygen atoms in total. The summed E-state index contributed by atoms with van der Waals surface area (Å²) in [6, 6.07) is 11.3. The number of benzene rings is 2. The Morgan fingerprint density at radius 3 is 2.44 bits per heavy atom. The van der Waals surface area contributed by atoms with Crippen LogP contribution in [-0.4, -0.2) is 28.0 Å². The maximum Gasteiger partial charge on any atom is 0.339 e. The van der Waals surface area contributed by atoms with Gasteiger partial charge in [-0.3, -0.25) is 0 Å². The number of rotatable bonds is 7. The Bertz CT molecular complexity index is 851. The zero-order valence-electron chi connectivity index (χ0n) is 13.5. The molecule has 0 heterocycles. The average molecular weight is 402 g/mol. The smallest absolute Gasteiger partial charge is 0.339 e. The van der Waals surface area contributed by atoms with Gasteiger partial charge in [0, 0.05) is 11.6 Å². The fraction of sp³-hybridized carbons (Fsp3) is 0.235. The maximum absolute atomic E-state index is 12.3. The molecule has 0 fully saturated rings. The van der Waals surface area contributed by atoms with Gasteiger partial charge in [-0.2, -0.15) is 0 Å². The molecule has 2 rings (SSSR count). The van der Waals surface area contributed by atoms with E-state index in [-0.39, 0.29) is 22.0 Å². The molecule has 0 spiro atoms. The first-order valence-corrected chi connectivity index (χ1v) is 9.69. The minimum Gasteiger partial charge on any atom is -0.465 e. The first-order chi connectivity index (χ1) is 11.8. The summed E-state index contributed by atoms with van der Waals surface area (Å²) < 4.78 is 31.8. The van der Waals surface area contributed by atoms with Crippen LogP contribution in [0.3, 0.4) is 0 Å². The minimum absolute atomic E-state index is 0.00760. The molecule has 0 aliphatic heterocycles. The molecular formula is C17H17Cl2NO4S. The molecule has 8 heteroatoms. The monoisotopic (exact) mass is 401 g/mol. The molecule has 0 atom stereocenters. The average Bonchev–Trinajstić information content (AvgIpc) is 2.60. The van der Waals surface area contributed by atoms with Gasteiger partial charge in [0.2, 0.25) is 10.0 Å². The van der Waals surface area contributed by atoms with Gasteiger partial charge in [-0.15, -0.1) is 0 Å². The summed E-state index contributed by atoms with van der Waals surface area (Å²) in [4.78, 5) is 11.6. The summed E-state index contributed by atoms with van der Waals surface area (Å²) in [6.45, 7) is 0.265. The number of nitrogens with one attached hydrogen (secondary N) is 1. The first kappa shape index (κ1) is 19.7. The third-order valence-electron chi connectivity index (χ3n) is 3.50. The molecule has 0 radical (unpaired) electrons. The van der Waals surface area contributed by atoms with Crippen LogP contribution in [0.15, 0.2) is 47.4 Å². The second kappa shape index (κ2) is 8.67. The topological polar surface area (TPSA) is 72.5 Å². The van der Waals surface area contributed by atoms with Crippen LogP contribution >= 0.6 is 23.2 Å². The van der Waals surface area contributed by atoms with E-state index in [0.717, 1.165) is 5.56 Å². The molecule has 0 unspecified atom stereocenters. The molecule has 0 aliphatic carbocycles. The van der Waals surface area contributed by atoms with Gasteiger partial charge in [0.25, 0.3) is 0 Å². The molecule has 0 aromatic heterocycles. The fourth-order valence-corrected chi connectivity index (χ4v) is 3.59. The summed E-state index contributed by atoms with van der Waals surface area (Å²) in [7, 11) is -2.54. The highest BCUT2D eigenvalue weighted by Crippen LogP contribution is 2.21. The second-order valence-electron chi connectivity index (χ2n) is 5.26. The van der Waals surface area contributed by atoms with Gasteiger partial charge < -0.3 is 4.74 Å². The van der Waals surface area contributed by atoms with Crippen molar-refractivity contribution in [2.24, 2.45) is 0 Å². The van der Waals surface area contributed by atoms with Crippen LogP contribution in [0.4, 0.5) is 0 Å². The van der Waals surface area contributed by atoms with Gasteiger partial charge in [-0.05, 0) is 48.7 Å². The summed E-state index contributed by atoms with van der Waals surface area (Å²) in [6.07, 6.45) is 1.34. The number of aryl methyl sites for hydroxylation is 1. The quantitative estimate of drug-likeness (QED) is 0.566. The maximum atomic E-state index is 12.3. The zero-order valence-corrected chi connectivity index (χ0v) is 15.8. The van der Waals surface area contributed by atoms with Gasteiger partial charge in [0.1, 0.15) is 0 Å². The van der Waals surface area contributed by atoms with Crippen molar-refractivity contribution >= 4 is 39.2 Å². The van der Waals surface area contributed by atoms with Gasteiger partial charge in [-0.1, -0.05) is 35.3 Å². The number of halogens is 2. The molecule has 0 bridgehead atoms. The number of carbonyl (C=O) groups excluding carboxylic acids is 1. The van der Waals surface area contributed by atoms with E-state index in [1.807, 2.05) is 12.1 Å². The Morgan fingerprint density at radius 1 is 1.12 bits per heavy atom. The van der Waals surface area contributed by atoms with E-state index < -0.39 is 16.0 Å². The van der Waals surface area contributed by atoms with Crippen LogP contribution < -0.4 is 4.72 Å². The normalized spacial score (nSPS) is 11.3. The Hall–Kier alpha value is -1.60. The molecule has 134 valence electrons. The van der Waals surface area contributed by atoms with Crippen molar-refractivity contribution < 1.29 is 17.9 Å². The van der Waals surface area contributed by atoms with Crippen molar-refractivity contribution in [1.29, 1.82) is 0 Å². The summed E-state index contributed by atoms with van der Waals surface area (Å²) >= 11 is 11.7. The van der Waals surface area contributed by atoms with Crippen LogP contribution in [0.25, 0.3) is 0 Å². The van der Waals surface area contributed by atoms with E-state index in [2.05, 4.69) is 9.46 Å². The van der Waals surface area contributed by atoms with Crippen molar-refractivity contribution in [3.05, 3.63) is 63.6 Å². The Labute approximate surface area is 157 Å². The number of sulfonamides is 1. The van der Waals surface area contributed by atoms with Gasteiger partial charge in [0.05, 0.1) is 22.6 Å². The molecule has 0 saturated carbocycles. The number of esters is 1. The van der Waals surface area contributed by atoms with Crippen LogP contribution in [0.1, 0.15) is 22.3 Å². The number of methoxy groups -OCH3 is 1. The van der Waals surface area contributed by atoms with E-state index in [1.165, 1.54) is 25.3 Å². The molecular weight excluding hydrogens is 385 g/mol. The second-order valence-corrected chi connectivity index (χ2v) is 7.87. The minimum atomic E-state index is -3.74. The van der Waals surface area contributed by atoms with Crippen molar-refractivity contribution in [1.82, 2.24) is 4.72 Å². The molecule has 2 aromatic rings. The Morgan fingerprint density at radius 2 is 1.80 bits per heavy atom. The lowest BCUT2D eigenvalue weighted by molar-refractivity contribution is 0.0600. The highest BCUT2D eigenvalue weighted by atomic mass is 35.5. The van der Waals surface area contributed by atoms with Gasteiger partial charge >= 0.3 is 5.97 Å². The lowest BCUT2D eigenvalue weighted by Crippen LogP contribution is -2.25. The van der Waals surface area contributed by atoms with E-state index in [4.69, 9.17) is 23.2 Å². The molecule has 0 amide bonds. The molecule has 25 heavy (non-hydrogen) atoms. The summed E-state index contributed by atoms with van der Waals surface area (Å²) in [5, 5.41) is 0.794. The van der Waals surface area contributed by atoms with Gasteiger partial charge in [-0.25, -0.2) is 17.9 Å². The Balaban J connectivity index is 1.99. The Kier molecular flexibility index (Phi) is 6.84. The first-order valence-electron chi connectivity index (χ1n) is 7.45. The third-order valence-corrected chi connectivity index (χ3v) is 5.54. The van der Waals surface area contributed by atoms with Crippen molar-refractivity contribution in [3.8, 4) is 0 Å². The lowest BCUT2D eigenvalue weighted by atomic mass is 10.1. The largest absolute Gasteiger partial charge is 0.465 e. The van der Waals surface area contributed by atoms with Gasteiger partial charge in [0.15, 0.2) is 0 Å².